The Hall–Kier alpha value is -1.33. The van der Waals surface area contributed by atoms with Gasteiger partial charge in [0.1, 0.15) is 0 Å². The first-order valence-corrected chi connectivity index (χ1v) is 6.82. The second-order valence-corrected chi connectivity index (χ2v) is 5.16. The molecule has 2 rings (SSSR count). The second kappa shape index (κ2) is 6.73. The Morgan fingerprint density at radius 1 is 1.53 bits per heavy atom. The van der Waals surface area contributed by atoms with Crippen molar-refractivity contribution in [1.29, 1.82) is 0 Å². The predicted molar refractivity (Wildman–Crippen MR) is 73.8 cm³/mol. The number of nitrogens with one attached hydrogen (secondary N) is 1. The lowest BCUT2D eigenvalue weighted by molar-refractivity contribution is -0.385. The highest BCUT2D eigenvalue weighted by Gasteiger charge is 2.17. The van der Waals surface area contributed by atoms with Crippen molar-refractivity contribution in [3.05, 3.63) is 33.3 Å². The molecule has 5 nitrogen and oxygen atoms in total. The smallest absolute Gasteiger partial charge is 0.311 e. The molecule has 0 aromatic heterocycles. The molecule has 1 aliphatic rings. The first-order chi connectivity index (χ1) is 9.16. The SMILES string of the molecule is O=[N+]([O-])c1ccc(Cl)cc1OCCC1CCCNC1. The Balaban J connectivity index is 1.91. The number of hydrogen-bond acceptors (Lipinski definition) is 4. The van der Waals surface area contributed by atoms with E-state index in [9.17, 15) is 10.1 Å². The molecule has 19 heavy (non-hydrogen) atoms. The normalized spacial score (nSPS) is 19.1. The molecular formula is C13H17ClN2O3. The van der Waals surface area contributed by atoms with Gasteiger partial charge < -0.3 is 10.1 Å². The first-order valence-electron chi connectivity index (χ1n) is 6.44. The van der Waals surface area contributed by atoms with Gasteiger partial charge >= 0.3 is 5.69 Å². The minimum absolute atomic E-state index is 0.0360. The van der Waals surface area contributed by atoms with Gasteiger partial charge in [-0.2, -0.15) is 0 Å². The fourth-order valence-corrected chi connectivity index (χ4v) is 2.42. The summed E-state index contributed by atoms with van der Waals surface area (Å²) in [6.45, 7) is 2.56. The fraction of sp³-hybridized carbons (Fsp3) is 0.538. The predicted octanol–water partition coefficient (Wildman–Crippen LogP) is 3.02. The van der Waals surface area contributed by atoms with Crippen molar-refractivity contribution in [2.45, 2.75) is 19.3 Å². The molecule has 6 heteroatoms. The molecule has 104 valence electrons. The maximum Gasteiger partial charge on any atom is 0.311 e. The van der Waals surface area contributed by atoms with Gasteiger partial charge in [-0.1, -0.05) is 11.6 Å². The van der Waals surface area contributed by atoms with Crippen molar-refractivity contribution >= 4 is 17.3 Å². The maximum atomic E-state index is 10.9. The van der Waals surface area contributed by atoms with Crippen molar-refractivity contribution in [1.82, 2.24) is 5.32 Å². The maximum absolute atomic E-state index is 10.9. The fourth-order valence-electron chi connectivity index (χ4n) is 2.26. The van der Waals surface area contributed by atoms with E-state index in [0.717, 1.165) is 19.5 Å². The van der Waals surface area contributed by atoms with Crippen molar-refractivity contribution < 1.29 is 9.66 Å². The van der Waals surface area contributed by atoms with Gasteiger partial charge in [-0.05, 0) is 44.3 Å². The molecule has 0 saturated carbocycles. The molecule has 1 aromatic rings. The zero-order chi connectivity index (χ0) is 13.7. The number of halogens is 1. The van der Waals surface area contributed by atoms with E-state index in [0.29, 0.717) is 17.5 Å². The lowest BCUT2D eigenvalue weighted by atomic mass is 9.97. The Kier molecular flexibility index (Phi) is 4.99. The first kappa shape index (κ1) is 14.1. The standard InChI is InChI=1S/C13H17ClN2O3/c14-11-3-4-12(16(17)18)13(8-11)19-7-5-10-2-1-6-15-9-10/h3-4,8,10,15H,1-2,5-7,9H2. The monoisotopic (exact) mass is 284 g/mol. The van der Waals surface area contributed by atoms with Crippen molar-refractivity contribution in [2.75, 3.05) is 19.7 Å². The van der Waals surface area contributed by atoms with Crippen LogP contribution >= 0.6 is 11.6 Å². The number of nitro benzene ring substituents is 1. The van der Waals surface area contributed by atoms with Gasteiger partial charge in [0.2, 0.25) is 0 Å². The van der Waals surface area contributed by atoms with Crippen LogP contribution in [0.15, 0.2) is 18.2 Å². The average Bonchev–Trinajstić information content (AvgIpc) is 2.39. The number of nitro groups is 1. The Labute approximate surface area is 117 Å². The summed E-state index contributed by atoms with van der Waals surface area (Å²) in [6, 6.07) is 4.37. The van der Waals surface area contributed by atoms with Crippen LogP contribution in [0.3, 0.4) is 0 Å². The highest BCUT2D eigenvalue weighted by molar-refractivity contribution is 6.30. The number of hydrogen-bond donors (Lipinski definition) is 1. The van der Waals surface area contributed by atoms with E-state index in [1.54, 1.807) is 0 Å². The summed E-state index contributed by atoms with van der Waals surface area (Å²) in [4.78, 5) is 10.4. The quantitative estimate of drug-likeness (QED) is 0.667. The molecule has 0 bridgehead atoms. The number of rotatable bonds is 5. The molecule has 1 atom stereocenters. The van der Waals surface area contributed by atoms with Crippen LogP contribution in [0.1, 0.15) is 19.3 Å². The van der Waals surface area contributed by atoms with Gasteiger partial charge in [0.25, 0.3) is 0 Å². The van der Waals surface area contributed by atoms with Gasteiger partial charge in [0.15, 0.2) is 5.75 Å². The third-order valence-electron chi connectivity index (χ3n) is 3.30. The molecule has 1 N–H and O–H groups in total. The Bertz CT molecular complexity index is 448. The Morgan fingerprint density at radius 3 is 3.05 bits per heavy atom. The van der Waals surface area contributed by atoms with Gasteiger partial charge in [-0.25, -0.2) is 0 Å². The van der Waals surface area contributed by atoms with E-state index in [-0.39, 0.29) is 11.4 Å². The molecule has 0 amide bonds. The van der Waals surface area contributed by atoms with Gasteiger partial charge in [0, 0.05) is 17.2 Å². The highest BCUT2D eigenvalue weighted by Crippen LogP contribution is 2.30. The van der Waals surface area contributed by atoms with Gasteiger partial charge in [0.05, 0.1) is 11.5 Å². The minimum atomic E-state index is -0.451. The van der Waals surface area contributed by atoms with Crippen molar-refractivity contribution in [3.8, 4) is 5.75 Å². The largest absolute Gasteiger partial charge is 0.487 e. The molecule has 0 radical (unpaired) electrons. The minimum Gasteiger partial charge on any atom is -0.487 e. The summed E-state index contributed by atoms with van der Waals surface area (Å²) in [5.74, 6) is 0.841. The molecular weight excluding hydrogens is 268 g/mol. The van der Waals surface area contributed by atoms with E-state index >= 15 is 0 Å². The van der Waals surface area contributed by atoms with Crippen molar-refractivity contribution in [2.24, 2.45) is 5.92 Å². The molecule has 1 fully saturated rings. The third-order valence-corrected chi connectivity index (χ3v) is 3.54. The van der Waals surface area contributed by atoms with Crippen LogP contribution in [0.25, 0.3) is 0 Å². The highest BCUT2D eigenvalue weighted by atomic mass is 35.5. The molecule has 1 heterocycles. The summed E-state index contributed by atoms with van der Waals surface area (Å²) in [5.41, 5.74) is -0.0360. The van der Waals surface area contributed by atoms with E-state index < -0.39 is 4.92 Å². The van der Waals surface area contributed by atoms with Crippen LogP contribution in [0, 0.1) is 16.0 Å². The van der Waals surface area contributed by atoms with Gasteiger partial charge in [-0.15, -0.1) is 0 Å². The van der Waals surface area contributed by atoms with Crippen LogP contribution < -0.4 is 10.1 Å². The third kappa shape index (κ3) is 4.08. The number of nitrogens with zero attached hydrogens (tertiary/aromatic N) is 1. The zero-order valence-electron chi connectivity index (χ0n) is 10.6. The molecule has 1 aromatic carbocycles. The van der Waals surface area contributed by atoms with Crippen molar-refractivity contribution in [3.63, 3.8) is 0 Å². The molecule has 0 aliphatic carbocycles. The molecule has 1 saturated heterocycles. The Morgan fingerprint density at radius 2 is 2.37 bits per heavy atom. The van der Waals surface area contributed by atoms with Crippen LogP contribution in [-0.4, -0.2) is 24.6 Å². The topological polar surface area (TPSA) is 64.4 Å². The van der Waals surface area contributed by atoms with Gasteiger partial charge in [-0.3, -0.25) is 10.1 Å². The van der Waals surface area contributed by atoms with E-state index in [2.05, 4.69) is 5.32 Å². The summed E-state index contributed by atoms with van der Waals surface area (Å²) >= 11 is 5.84. The summed E-state index contributed by atoms with van der Waals surface area (Å²) in [7, 11) is 0. The van der Waals surface area contributed by atoms with E-state index in [1.807, 2.05) is 0 Å². The molecule has 1 aliphatic heterocycles. The number of ether oxygens (including phenoxy) is 1. The lowest BCUT2D eigenvalue weighted by Gasteiger charge is -2.22. The van der Waals surface area contributed by atoms with Crippen LogP contribution in [0.2, 0.25) is 5.02 Å². The van der Waals surface area contributed by atoms with E-state index in [4.69, 9.17) is 16.3 Å². The molecule has 0 spiro atoms. The van der Waals surface area contributed by atoms with Crippen LogP contribution in [-0.2, 0) is 0 Å². The summed E-state index contributed by atoms with van der Waals surface area (Å²) < 4.78 is 5.53. The summed E-state index contributed by atoms with van der Waals surface area (Å²) in [5, 5.41) is 14.7. The lowest BCUT2D eigenvalue weighted by Crippen LogP contribution is -2.30. The van der Waals surface area contributed by atoms with Crippen LogP contribution in [0.4, 0.5) is 5.69 Å². The van der Waals surface area contributed by atoms with E-state index in [1.165, 1.54) is 31.0 Å². The number of benzene rings is 1. The average molecular weight is 285 g/mol. The second-order valence-electron chi connectivity index (χ2n) is 4.72. The molecule has 1 unspecified atom stereocenters. The zero-order valence-corrected chi connectivity index (χ0v) is 11.4. The van der Waals surface area contributed by atoms with Crippen LogP contribution in [0.5, 0.6) is 5.75 Å². The number of piperidine rings is 1. The summed E-state index contributed by atoms with van der Waals surface area (Å²) in [6.07, 6.45) is 3.27.